The Bertz CT molecular complexity index is 605. The summed E-state index contributed by atoms with van der Waals surface area (Å²) in [6, 6.07) is 4.70. The van der Waals surface area contributed by atoms with Crippen LogP contribution in [0.5, 0.6) is 5.75 Å². The first kappa shape index (κ1) is 16.6. The van der Waals surface area contributed by atoms with Gasteiger partial charge in [0.05, 0.1) is 5.25 Å². The molecular weight excluding hydrogens is 341 g/mol. The lowest BCUT2D eigenvalue weighted by molar-refractivity contribution is -0.274. The molecule has 2 N–H and O–H groups in total. The lowest BCUT2D eigenvalue weighted by atomic mass is 10.2. The highest BCUT2D eigenvalue weighted by Gasteiger charge is 2.32. The van der Waals surface area contributed by atoms with Crippen LogP contribution in [-0.4, -0.2) is 27.7 Å². The van der Waals surface area contributed by atoms with E-state index in [1.165, 1.54) is 12.1 Å². The number of anilines is 1. The molecule has 1 atom stereocenters. The molecule has 0 saturated carbocycles. The third-order valence-electron chi connectivity index (χ3n) is 2.51. The summed E-state index contributed by atoms with van der Waals surface area (Å²) >= 11 is 5.89. The monoisotopic (exact) mass is 350 g/mol. The number of hydrogen-bond donors (Lipinski definition) is 2. The summed E-state index contributed by atoms with van der Waals surface area (Å²) in [6.07, 6.45) is -4.85. The normalized spacial score (nSPS) is 18.0. The second-order valence-corrected chi connectivity index (χ2v) is 6.09. The van der Waals surface area contributed by atoms with Gasteiger partial charge >= 0.3 is 6.36 Å². The summed E-state index contributed by atoms with van der Waals surface area (Å²) in [5, 5.41) is 4.30. The predicted molar refractivity (Wildman–Crippen MR) is 78.5 cm³/mol. The van der Waals surface area contributed by atoms with E-state index in [1.54, 1.807) is 0 Å². The number of hydrogen-bond acceptors (Lipinski definition) is 5. The van der Waals surface area contributed by atoms with Gasteiger partial charge in [0.1, 0.15) is 10.1 Å². The molecule has 5 nitrogen and oxygen atoms in total. The first-order valence-corrected chi connectivity index (χ1v) is 7.19. The number of alkyl halides is 3. The number of ether oxygens (including phenoxy) is 1. The fourth-order valence-electron chi connectivity index (χ4n) is 1.65. The van der Waals surface area contributed by atoms with Crippen molar-refractivity contribution in [2.45, 2.75) is 18.0 Å². The lowest BCUT2D eigenvalue weighted by Gasteiger charge is -2.10. The summed E-state index contributed by atoms with van der Waals surface area (Å²) < 4.78 is 40.0. The van der Waals surface area contributed by atoms with Crippen molar-refractivity contribution in [1.82, 2.24) is 5.32 Å². The molecule has 0 aliphatic carbocycles. The van der Waals surface area contributed by atoms with E-state index in [1.807, 2.05) is 0 Å². The third kappa shape index (κ3) is 4.88. The highest BCUT2D eigenvalue weighted by atomic mass is 32.2. The number of amides is 2. The Labute approximate surface area is 132 Å². The summed E-state index contributed by atoms with van der Waals surface area (Å²) in [5.74, 6) is -1.16. The fraction of sp³-hybridized carbons (Fsp3) is 0.250. The number of thiocarbonyl (C=S) groups is 1. The van der Waals surface area contributed by atoms with Crippen LogP contribution in [0.3, 0.4) is 0 Å². The van der Waals surface area contributed by atoms with Crippen LogP contribution < -0.4 is 15.4 Å². The van der Waals surface area contributed by atoms with Crippen molar-refractivity contribution in [2.24, 2.45) is 0 Å². The van der Waals surface area contributed by atoms with E-state index in [-0.39, 0.29) is 18.1 Å². The van der Waals surface area contributed by atoms with E-state index < -0.39 is 17.5 Å². The van der Waals surface area contributed by atoms with Gasteiger partial charge in [0.2, 0.25) is 11.8 Å². The Morgan fingerprint density at radius 1 is 1.36 bits per heavy atom. The van der Waals surface area contributed by atoms with Crippen LogP contribution in [0, 0.1) is 0 Å². The highest BCUT2D eigenvalue weighted by Crippen LogP contribution is 2.25. The Balaban J connectivity index is 1.89. The molecule has 1 aromatic rings. The van der Waals surface area contributed by atoms with Gasteiger partial charge in [-0.1, -0.05) is 24.0 Å². The maximum Gasteiger partial charge on any atom is 0.573 e. The van der Waals surface area contributed by atoms with Crippen LogP contribution >= 0.6 is 24.0 Å². The standard InChI is InChI=1S/C12H9F3N2O3S2/c13-12(14,15)20-7-3-1-6(2-4-7)16-9(18)5-8-10(19)17-11(21)22-8/h1-4,8H,5H2,(H,16,18)(H,17,19,21)/t8-/m1/s1. The van der Waals surface area contributed by atoms with Gasteiger partial charge in [-0.2, -0.15) is 0 Å². The van der Waals surface area contributed by atoms with Crippen LogP contribution in [0.1, 0.15) is 6.42 Å². The number of thioether (sulfide) groups is 1. The zero-order valence-electron chi connectivity index (χ0n) is 10.8. The third-order valence-corrected chi connectivity index (χ3v) is 3.88. The van der Waals surface area contributed by atoms with Crippen molar-refractivity contribution in [3.05, 3.63) is 24.3 Å². The topological polar surface area (TPSA) is 67.4 Å². The van der Waals surface area contributed by atoms with Gasteiger partial charge in [-0.25, -0.2) is 0 Å². The molecular formula is C12H9F3N2O3S2. The molecule has 0 aromatic heterocycles. The number of carbonyl (C=O) groups is 2. The highest BCUT2D eigenvalue weighted by molar-refractivity contribution is 8.24. The van der Waals surface area contributed by atoms with Gasteiger partial charge in [-0.3, -0.25) is 9.59 Å². The molecule has 2 rings (SSSR count). The van der Waals surface area contributed by atoms with Crippen molar-refractivity contribution < 1.29 is 27.5 Å². The number of benzene rings is 1. The Kier molecular flexibility index (Phi) is 4.91. The Morgan fingerprint density at radius 2 is 2.00 bits per heavy atom. The van der Waals surface area contributed by atoms with E-state index >= 15 is 0 Å². The molecule has 1 fully saturated rings. The molecule has 1 aromatic carbocycles. The number of nitrogens with one attached hydrogen (secondary N) is 2. The van der Waals surface area contributed by atoms with E-state index in [0.29, 0.717) is 10.0 Å². The number of halogens is 3. The van der Waals surface area contributed by atoms with Gasteiger partial charge in [-0.05, 0) is 24.3 Å². The van der Waals surface area contributed by atoms with E-state index in [4.69, 9.17) is 12.2 Å². The minimum Gasteiger partial charge on any atom is -0.406 e. The molecule has 2 amide bonds. The van der Waals surface area contributed by atoms with Gasteiger partial charge in [0.15, 0.2) is 0 Å². The lowest BCUT2D eigenvalue weighted by Crippen LogP contribution is -2.27. The van der Waals surface area contributed by atoms with Gasteiger partial charge in [0.25, 0.3) is 0 Å². The SMILES string of the molecule is O=C(C[C@H]1SC(=S)NC1=O)Nc1ccc(OC(F)(F)F)cc1. The number of rotatable bonds is 4. The maximum absolute atomic E-state index is 12.0. The first-order valence-electron chi connectivity index (χ1n) is 5.90. The zero-order valence-corrected chi connectivity index (χ0v) is 12.4. The van der Waals surface area contributed by atoms with Crippen LogP contribution in [0.4, 0.5) is 18.9 Å². The molecule has 22 heavy (non-hydrogen) atoms. The first-order chi connectivity index (χ1) is 10.2. The van der Waals surface area contributed by atoms with Crippen molar-refractivity contribution in [3.8, 4) is 5.75 Å². The van der Waals surface area contributed by atoms with E-state index in [0.717, 1.165) is 23.9 Å². The van der Waals surface area contributed by atoms with Crippen LogP contribution in [-0.2, 0) is 9.59 Å². The Morgan fingerprint density at radius 3 is 2.50 bits per heavy atom. The molecule has 0 bridgehead atoms. The summed E-state index contributed by atoms with van der Waals surface area (Å²) in [7, 11) is 0. The molecule has 1 aliphatic heterocycles. The van der Waals surface area contributed by atoms with Crippen LogP contribution in [0.2, 0.25) is 0 Å². The average Bonchev–Trinajstić information content (AvgIpc) is 2.68. The predicted octanol–water partition coefficient (Wildman–Crippen LogP) is 2.43. The minimum atomic E-state index is -4.77. The van der Waals surface area contributed by atoms with Crippen molar-refractivity contribution >= 4 is 45.8 Å². The summed E-state index contributed by atoms with van der Waals surface area (Å²) in [5.41, 5.74) is 0.297. The summed E-state index contributed by atoms with van der Waals surface area (Å²) in [4.78, 5) is 23.2. The van der Waals surface area contributed by atoms with Crippen molar-refractivity contribution in [2.75, 3.05) is 5.32 Å². The van der Waals surface area contributed by atoms with Gasteiger partial charge in [-0.15, -0.1) is 13.2 Å². The van der Waals surface area contributed by atoms with Gasteiger partial charge in [0, 0.05) is 12.1 Å². The zero-order chi connectivity index (χ0) is 16.3. The molecule has 0 unspecified atom stereocenters. The Hall–Kier alpha value is -1.81. The van der Waals surface area contributed by atoms with Crippen LogP contribution in [0.25, 0.3) is 0 Å². The second kappa shape index (κ2) is 6.53. The quantitative estimate of drug-likeness (QED) is 0.817. The second-order valence-electron chi connectivity index (χ2n) is 4.21. The fourth-order valence-corrected chi connectivity index (χ4v) is 2.92. The van der Waals surface area contributed by atoms with E-state index in [2.05, 4.69) is 15.4 Å². The number of carbonyl (C=O) groups excluding carboxylic acids is 2. The molecule has 10 heteroatoms. The molecule has 1 heterocycles. The average molecular weight is 350 g/mol. The largest absolute Gasteiger partial charge is 0.573 e. The molecule has 1 saturated heterocycles. The molecule has 1 aliphatic rings. The molecule has 118 valence electrons. The minimum absolute atomic E-state index is 0.0859. The maximum atomic E-state index is 12.0. The molecule has 0 spiro atoms. The van der Waals surface area contributed by atoms with E-state index in [9.17, 15) is 22.8 Å². The van der Waals surface area contributed by atoms with Crippen LogP contribution in [0.15, 0.2) is 24.3 Å². The van der Waals surface area contributed by atoms with Gasteiger partial charge < -0.3 is 15.4 Å². The summed E-state index contributed by atoms with van der Waals surface area (Å²) in [6.45, 7) is 0. The van der Waals surface area contributed by atoms with Crippen molar-refractivity contribution in [3.63, 3.8) is 0 Å². The molecule has 0 radical (unpaired) electrons. The smallest absolute Gasteiger partial charge is 0.406 e. The van der Waals surface area contributed by atoms with Crippen molar-refractivity contribution in [1.29, 1.82) is 0 Å².